The van der Waals surface area contributed by atoms with Gasteiger partial charge in [0.05, 0.1) is 12.3 Å². The van der Waals surface area contributed by atoms with Crippen molar-refractivity contribution in [1.82, 2.24) is 15.0 Å². The third-order valence-electron chi connectivity index (χ3n) is 4.68. The summed E-state index contributed by atoms with van der Waals surface area (Å²) in [4.78, 5) is 13.6. The number of aryl methyl sites for hydroxylation is 2. The number of rotatable bonds is 4. The smallest absolute Gasteiger partial charge is 0.161 e. The SMILES string of the molecule is C=C(OCC)c1ccc2c(c1)CCCc1cnc(-c3cccnc3)nc1-2. The molecule has 0 bridgehead atoms. The van der Waals surface area contributed by atoms with Crippen molar-refractivity contribution in [2.24, 2.45) is 0 Å². The van der Waals surface area contributed by atoms with E-state index in [-0.39, 0.29) is 0 Å². The van der Waals surface area contributed by atoms with Crippen LogP contribution in [0.15, 0.2) is 55.5 Å². The lowest BCUT2D eigenvalue weighted by Gasteiger charge is -2.13. The summed E-state index contributed by atoms with van der Waals surface area (Å²) >= 11 is 0. The maximum absolute atomic E-state index is 5.57. The second kappa shape index (κ2) is 7.08. The van der Waals surface area contributed by atoms with Crippen molar-refractivity contribution < 1.29 is 4.74 Å². The average molecular weight is 343 g/mol. The van der Waals surface area contributed by atoms with Gasteiger partial charge in [0, 0.05) is 35.3 Å². The monoisotopic (exact) mass is 343 g/mol. The summed E-state index contributed by atoms with van der Waals surface area (Å²) in [7, 11) is 0. The van der Waals surface area contributed by atoms with E-state index in [2.05, 4.69) is 34.7 Å². The molecule has 0 aliphatic heterocycles. The third kappa shape index (κ3) is 3.10. The van der Waals surface area contributed by atoms with E-state index in [1.807, 2.05) is 25.3 Å². The van der Waals surface area contributed by atoms with E-state index in [1.54, 1.807) is 12.4 Å². The first-order valence-corrected chi connectivity index (χ1v) is 8.98. The lowest BCUT2D eigenvalue weighted by molar-refractivity contribution is 0.299. The number of nitrogens with zero attached hydrogens (tertiary/aromatic N) is 3. The zero-order valence-corrected chi connectivity index (χ0v) is 14.9. The van der Waals surface area contributed by atoms with E-state index in [1.165, 1.54) is 16.7 Å². The van der Waals surface area contributed by atoms with Crippen LogP contribution in [0.25, 0.3) is 28.4 Å². The molecule has 2 aromatic heterocycles. The highest BCUT2D eigenvalue weighted by molar-refractivity contribution is 5.73. The summed E-state index contributed by atoms with van der Waals surface area (Å²) in [5.41, 5.74) is 6.67. The molecule has 0 radical (unpaired) electrons. The normalized spacial score (nSPS) is 12.7. The van der Waals surface area contributed by atoms with Gasteiger partial charge in [0.25, 0.3) is 0 Å². The number of hydrogen-bond acceptors (Lipinski definition) is 4. The van der Waals surface area contributed by atoms with Crippen molar-refractivity contribution in [3.63, 3.8) is 0 Å². The zero-order valence-electron chi connectivity index (χ0n) is 14.9. The molecular weight excluding hydrogens is 322 g/mol. The third-order valence-corrected chi connectivity index (χ3v) is 4.68. The minimum atomic E-state index is 0.625. The van der Waals surface area contributed by atoms with Gasteiger partial charge < -0.3 is 4.74 Å². The fourth-order valence-corrected chi connectivity index (χ4v) is 3.39. The molecular formula is C22H21N3O. The molecule has 2 heterocycles. The van der Waals surface area contributed by atoms with Crippen LogP contribution in [0, 0.1) is 0 Å². The van der Waals surface area contributed by atoms with Crippen molar-refractivity contribution in [2.75, 3.05) is 6.61 Å². The van der Waals surface area contributed by atoms with Gasteiger partial charge in [-0.3, -0.25) is 4.98 Å². The number of ether oxygens (including phenoxy) is 1. The molecule has 3 aromatic rings. The molecule has 4 rings (SSSR count). The van der Waals surface area contributed by atoms with Gasteiger partial charge >= 0.3 is 0 Å². The van der Waals surface area contributed by atoms with Crippen molar-refractivity contribution in [1.29, 1.82) is 0 Å². The highest BCUT2D eigenvalue weighted by Crippen LogP contribution is 2.33. The van der Waals surface area contributed by atoms with Crippen LogP contribution >= 0.6 is 0 Å². The minimum Gasteiger partial charge on any atom is -0.494 e. The predicted octanol–water partition coefficient (Wildman–Crippen LogP) is 4.70. The Bertz CT molecular complexity index is 951. The van der Waals surface area contributed by atoms with Crippen molar-refractivity contribution in [3.8, 4) is 22.6 Å². The first-order chi connectivity index (χ1) is 12.8. The summed E-state index contributed by atoms with van der Waals surface area (Å²) < 4.78 is 5.57. The van der Waals surface area contributed by atoms with E-state index in [0.717, 1.165) is 41.8 Å². The molecule has 0 unspecified atom stereocenters. The maximum Gasteiger partial charge on any atom is 0.161 e. The standard InChI is InChI=1S/C22H21N3O/c1-3-26-15(2)16-9-10-20-17(12-16)6-4-7-18-14-24-22(25-21(18)20)19-8-5-11-23-13-19/h5,8-14H,2-4,6-7H2,1H3. The number of pyridine rings is 1. The van der Waals surface area contributed by atoms with E-state index in [9.17, 15) is 0 Å². The molecule has 0 saturated heterocycles. The summed E-state index contributed by atoms with van der Waals surface area (Å²) in [6.45, 7) is 6.63. The molecule has 0 N–H and O–H groups in total. The van der Waals surface area contributed by atoms with Crippen molar-refractivity contribution >= 4 is 5.76 Å². The number of hydrogen-bond donors (Lipinski definition) is 0. The van der Waals surface area contributed by atoms with Gasteiger partial charge in [0.2, 0.25) is 0 Å². The lowest BCUT2D eigenvalue weighted by Crippen LogP contribution is -1.98. The van der Waals surface area contributed by atoms with Gasteiger partial charge in [-0.05, 0) is 55.5 Å². The Kier molecular flexibility index (Phi) is 4.48. The van der Waals surface area contributed by atoms with Crippen molar-refractivity contribution in [3.05, 3.63) is 72.2 Å². The first kappa shape index (κ1) is 16.5. The van der Waals surface area contributed by atoms with Gasteiger partial charge in [-0.15, -0.1) is 0 Å². The van der Waals surface area contributed by atoms with Gasteiger partial charge in [-0.1, -0.05) is 18.7 Å². The quantitative estimate of drug-likeness (QED) is 0.644. The Morgan fingerprint density at radius 1 is 1.15 bits per heavy atom. The van der Waals surface area contributed by atoms with Crippen LogP contribution in [-0.4, -0.2) is 21.6 Å². The predicted molar refractivity (Wildman–Crippen MR) is 103 cm³/mol. The van der Waals surface area contributed by atoms with E-state index >= 15 is 0 Å². The first-order valence-electron chi connectivity index (χ1n) is 8.98. The number of benzene rings is 1. The molecule has 0 spiro atoms. The molecule has 0 amide bonds. The minimum absolute atomic E-state index is 0.625. The highest BCUT2D eigenvalue weighted by atomic mass is 16.5. The van der Waals surface area contributed by atoms with Crippen LogP contribution in [0.5, 0.6) is 0 Å². The van der Waals surface area contributed by atoms with Gasteiger partial charge in [-0.25, -0.2) is 9.97 Å². The second-order valence-corrected chi connectivity index (χ2v) is 6.39. The van der Waals surface area contributed by atoms with Crippen molar-refractivity contribution in [2.45, 2.75) is 26.2 Å². The molecule has 0 fully saturated rings. The highest BCUT2D eigenvalue weighted by Gasteiger charge is 2.18. The summed E-state index contributed by atoms with van der Waals surface area (Å²) in [6.07, 6.45) is 8.61. The Balaban J connectivity index is 1.80. The topological polar surface area (TPSA) is 47.9 Å². The maximum atomic E-state index is 5.57. The fraction of sp³-hybridized carbons (Fsp3) is 0.227. The van der Waals surface area contributed by atoms with Crippen LogP contribution in [0.4, 0.5) is 0 Å². The number of fused-ring (bicyclic) bond motifs is 3. The second-order valence-electron chi connectivity index (χ2n) is 6.39. The van der Waals surface area contributed by atoms with Crippen LogP contribution in [-0.2, 0) is 17.6 Å². The van der Waals surface area contributed by atoms with Crippen LogP contribution < -0.4 is 0 Å². The van der Waals surface area contributed by atoms with Gasteiger partial charge in [-0.2, -0.15) is 0 Å². The van der Waals surface area contributed by atoms with E-state index in [4.69, 9.17) is 9.72 Å². The largest absolute Gasteiger partial charge is 0.494 e. The van der Waals surface area contributed by atoms with Gasteiger partial charge in [0.15, 0.2) is 5.82 Å². The molecule has 1 aliphatic carbocycles. The van der Waals surface area contributed by atoms with Gasteiger partial charge in [0.1, 0.15) is 5.76 Å². The van der Waals surface area contributed by atoms with E-state index in [0.29, 0.717) is 12.4 Å². The molecule has 0 saturated carbocycles. The molecule has 1 aliphatic rings. The molecule has 130 valence electrons. The molecule has 4 heteroatoms. The number of aromatic nitrogens is 3. The Hall–Kier alpha value is -3.01. The zero-order chi connectivity index (χ0) is 17.9. The summed E-state index contributed by atoms with van der Waals surface area (Å²) in [5.74, 6) is 1.44. The summed E-state index contributed by atoms with van der Waals surface area (Å²) in [6, 6.07) is 10.3. The van der Waals surface area contributed by atoms with E-state index < -0.39 is 0 Å². The fourth-order valence-electron chi connectivity index (χ4n) is 3.39. The molecule has 1 aromatic carbocycles. The Morgan fingerprint density at radius 3 is 2.85 bits per heavy atom. The average Bonchev–Trinajstić information content (AvgIpc) is 2.87. The lowest BCUT2D eigenvalue weighted by atomic mass is 9.98. The summed E-state index contributed by atoms with van der Waals surface area (Å²) in [5, 5.41) is 0. The molecule has 26 heavy (non-hydrogen) atoms. The Labute approximate surface area is 153 Å². The van der Waals surface area contributed by atoms with Crippen LogP contribution in [0.1, 0.15) is 30.0 Å². The molecule has 4 nitrogen and oxygen atoms in total. The van der Waals surface area contributed by atoms with Crippen LogP contribution in [0.3, 0.4) is 0 Å². The molecule has 0 atom stereocenters. The Morgan fingerprint density at radius 2 is 2.04 bits per heavy atom. The van der Waals surface area contributed by atoms with Crippen LogP contribution in [0.2, 0.25) is 0 Å².